The Bertz CT molecular complexity index is 865. The van der Waals surface area contributed by atoms with Crippen molar-refractivity contribution in [3.63, 3.8) is 0 Å². The predicted octanol–water partition coefficient (Wildman–Crippen LogP) is 0.0475. The minimum atomic E-state index is -3.85. The Labute approximate surface area is 154 Å². The molecule has 0 aliphatic rings. The number of rotatable bonds is 11. The van der Waals surface area contributed by atoms with Gasteiger partial charge in [-0.3, -0.25) is 9.13 Å². The van der Waals surface area contributed by atoms with Crippen LogP contribution in [0.1, 0.15) is 20.3 Å². The number of aromatic nitrogens is 4. The number of nitrogens with one attached hydrogen (secondary N) is 1. The number of aliphatic hydroxyl groups is 1. The van der Waals surface area contributed by atoms with Crippen LogP contribution in [0.5, 0.6) is 6.01 Å². The first-order valence-electron chi connectivity index (χ1n) is 8.31. The number of nitrogen functional groups attached to an aromatic ring is 1. The number of aromatic amines is 1. The molecular formula is C14H24N5O7P. The van der Waals surface area contributed by atoms with Crippen molar-refractivity contribution in [2.45, 2.75) is 32.9 Å². The largest absolute Gasteiger partial charge is 0.463 e. The van der Waals surface area contributed by atoms with Crippen LogP contribution in [0.4, 0.5) is 5.82 Å². The van der Waals surface area contributed by atoms with Gasteiger partial charge in [-0.25, -0.2) is 4.79 Å². The van der Waals surface area contributed by atoms with E-state index in [0.29, 0.717) is 6.42 Å². The molecule has 13 heteroatoms. The summed E-state index contributed by atoms with van der Waals surface area (Å²) in [5.74, 6) is 0.0426. The summed E-state index contributed by atoms with van der Waals surface area (Å²) in [5, 5.41) is 8.79. The summed E-state index contributed by atoms with van der Waals surface area (Å²) >= 11 is 0. The van der Waals surface area contributed by atoms with Gasteiger partial charge in [0, 0.05) is 13.0 Å². The van der Waals surface area contributed by atoms with Gasteiger partial charge in [-0.2, -0.15) is 9.97 Å². The van der Waals surface area contributed by atoms with Gasteiger partial charge < -0.3 is 34.7 Å². The van der Waals surface area contributed by atoms with Gasteiger partial charge in [-0.05, 0) is 13.8 Å². The van der Waals surface area contributed by atoms with E-state index in [-0.39, 0.29) is 49.4 Å². The first-order valence-corrected chi connectivity index (χ1v) is 10.1. The number of anilines is 1. The Hall–Kier alpha value is -1.98. The van der Waals surface area contributed by atoms with E-state index in [9.17, 15) is 14.3 Å². The first kappa shape index (κ1) is 21.3. The minimum absolute atomic E-state index is 0.0210. The molecule has 152 valence electrons. The zero-order chi connectivity index (χ0) is 20.0. The molecule has 0 saturated heterocycles. The molecule has 0 saturated carbocycles. The monoisotopic (exact) mass is 405 g/mol. The molecule has 5 N–H and O–H groups in total. The van der Waals surface area contributed by atoms with Crippen LogP contribution in [0.3, 0.4) is 0 Å². The van der Waals surface area contributed by atoms with Crippen molar-refractivity contribution in [1.29, 1.82) is 0 Å². The molecule has 1 atom stereocenters. The van der Waals surface area contributed by atoms with E-state index in [2.05, 4.69) is 15.0 Å². The van der Waals surface area contributed by atoms with E-state index in [4.69, 9.17) is 24.8 Å². The van der Waals surface area contributed by atoms with E-state index >= 15 is 0 Å². The number of nitrogens with two attached hydrogens (primary N) is 1. The number of fused-ring (bicyclic) bond motifs is 1. The lowest BCUT2D eigenvalue weighted by Gasteiger charge is -2.14. The summed E-state index contributed by atoms with van der Waals surface area (Å²) in [6.45, 7) is 3.47. The van der Waals surface area contributed by atoms with E-state index in [1.807, 2.05) is 0 Å². The average molecular weight is 405 g/mol. The molecule has 2 aromatic rings. The molecule has 2 rings (SSSR count). The van der Waals surface area contributed by atoms with Crippen LogP contribution in [-0.4, -0.2) is 61.8 Å². The molecule has 0 amide bonds. The van der Waals surface area contributed by atoms with Crippen molar-refractivity contribution in [2.24, 2.45) is 0 Å². The molecule has 0 aliphatic heterocycles. The number of H-pyrrole nitrogens is 1. The summed E-state index contributed by atoms with van der Waals surface area (Å²) in [7, 11) is -3.85. The van der Waals surface area contributed by atoms with Gasteiger partial charge in [0.05, 0.1) is 25.9 Å². The van der Waals surface area contributed by atoms with Crippen LogP contribution in [0.2, 0.25) is 0 Å². The number of hydrogen-bond donors (Lipinski definition) is 4. The van der Waals surface area contributed by atoms with Gasteiger partial charge in [0.2, 0.25) is 0 Å². The quantitative estimate of drug-likeness (QED) is 0.295. The van der Waals surface area contributed by atoms with Gasteiger partial charge >= 0.3 is 19.3 Å². The number of ether oxygens (including phenoxy) is 2. The van der Waals surface area contributed by atoms with Crippen molar-refractivity contribution in [1.82, 2.24) is 19.5 Å². The lowest BCUT2D eigenvalue weighted by atomic mass is 10.5. The highest BCUT2D eigenvalue weighted by atomic mass is 31.2. The van der Waals surface area contributed by atoms with Crippen molar-refractivity contribution in [2.75, 3.05) is 31.9 Å². The van der Waals surface area contributed by atoms with E-state index in [0.717, 1.165) is 0 Å². The summed E-state index contributed by atoms with van der Waals surface area (Å²) in [4.78, 5) is 32.4. The second-order valence-electron chi connectivity index (χ2n) is 5.93. The first-order chi connectivity index (χ1) is 12.7. The normalized spacial score (nSPS) is 14.0. The fourth-order valence-electron chi connectivity index (χ4n) is 2.23. The Morgan fingerprint density at radius 2 is 2.07 bits per heavy atom. The summed E-state index contributed by atoms with van der Waals surface area (Å²) in [5.41, 5.74) is 5.82. The Morgan fingerprint density at radius 1 is 1.33 bits per heavy atom. The van der Waals surface area contributed by atoms with Gasteiger partial charge in [0.25, 0.3) is 0 Å². The molecule has 27 heavy (non-hydrogen) atoms. The summed E-state index contributed by atoms with van der Waals surface area (Å²) in [6, 6.07) is -0.0210. The van der Waals surface area contributed by atoms with Crippen LogP contribution < -0.4 is 16.2 Å². The highest BCUT2D eigenvalue weighted by molar-refractivity contribution is 7.52. The van der Waals surface area contributed by atoms with Crippen molar-refractivity contribution < 1.29 is 28.6 Å². The fourth-order valence-corrected chi connectivity index (χ4v) is 3.31. The summed E-state index contributed by atoms with van der Waals surface area (Å²) in [6.07, 6.45) is -0.506. The standard InChI is InChI=1S/C14H24N5O7P/c1-9(2)26-27(22,23)8-24-7-4-19-12-10(16-14(19)21)11(15)17-13(18-12)25-6-3-5-20/h9,20H,3-8H2,1-2H3,(H,16,21)(H,22,23)(H2,15,17,18). The van der Waals surface area contributed by atoms with E-state index in [1.54, 1.807) is 13.8 Å². The van der Waals surface area contributed by atoms with Crippen molar-refractivity contribution in [3.8, 4) is 6.01 Å². The minimum Gasteiger partial charge on any atom is -0.463 e. The second-order valence-corrected chi connectivity index (χ2v) is 7.67. The molecule has 1 unspecified atom stereocenters. The van der Waals surface area contributed by atoms with Gasteiger partial charge in [-0.1, -0.05) is 0 Å². The second kappa shape index (κ2) is 9.29. The molecule has 0 aromatic carbocycles. The maximum Gasteiger partial charge on any atom is 0.353 e. The molecule has 0 bridgehead atoms. The fraction of sp³-hybridized carbons (Fsp3) is 0.643. The molecule has 0 fully saturated rings. The highest BCUT2D eigenvalue weighted by Gasteiger charge is 2.21. The van der Waals surface area contributed by atoms with Gasteiger partial charge in [0.1, 0.15) is 11.9 Å². The Balaban J connectivity index is 2.07. The SMILES string of the molecule is CC(C)OP(=O)(O)COCCn1c(=O)[nH]c2c(N)nc(OCCCO)nc21. The molecule has 12 nitrogen and oxygen atoms in total. The van der Waals surface area contributed by atoms with Crippen LogP contribution in [0, 0.1) is 0 Å². The van der Waals surface area contributed by atoms with Crippen LogP contribution >= 0.6 is 7.60 Å². The van der Waals surface area contributed by atoms with Crippen molar-refractivity contribution >= 4 is 24.6 Å². The smallest absolute Gasteiger partial charge is 0.353 e. The molecule has 0 spiro atoms. The van der Waals surface area contributed by atoms with Crippen LogP contribution in [0.15, 0.2) is 4.79 Å². The molecule has 0 radical (unpaired) electrons. The summed E-state index contributed by atoms with van der Waals surface area (Å²) < 4.78 is 28.4. The number of imidazole rings is 1. The van der Waals surface area contributed by atoms with Crippen molar-refractivity contribution in [3.05, 3.63) is 10.5 Å². The molecule has 2 aromatic heterocycles. The van der Waals surface area contributed by atoms with E-state index in [1.165, 1.54) is 4.57 Å². The zero-order valence-electron chi connectivity index (χ0n) is 15.1. The Kier molecular flexibility index (Phi) is 7.33. The maximum absolute atomic E-state index is 12.1. The molecule has 0 aliphatic carbocycles. The third-order valence-corrected chi connectivity index (χ3v) is 4.51. The third kappa shape index (κ3) is 6.01. The average Bonchev–Trinajstić information content (AvgIpc) is 2.87. The topological polar surface area (TPSA) is 175 Å². The number of hydrogen-bond acceptors (Lipinski definition) is 9. The lowest BCUT2D eigenvalue weighted by molar-refractivity contribution is 0.126. The number of aliphatic hydroxyl groups excluding tert-OH is 1. The molecule has 2 heterocycles. The van der Waals surface area contributed by atoms with E-state index < -0.39 is 25.7 Å². The highest BCUT2D eigenvalue weighted by Crippen LogP contribution is 2.42. The van der Waals surface area contributed by atoms with Crippen LogP contribution in [0.25, 0.3) is 11.2 Å². The van der Waals surface area contributed by atoms with Crippen LogP contribution in [-0.2, 0) is 20.4 Å². The maximum atomic E-state index is 12.1. The lowest BCUT2D eigenvalue weighted by Crippen LogP contribution is -2.20. The van der Waals surface area contributed by atoms with Gasteiger partial charge in [-0.15, -0.1) is 0 Å². The molecular weight excluding hydrogens is 381 g/mol. The Morgan fingerprint density at radius 3 is 2.74 bits per heavy atom. The number of nitrogens with zero attached hydrogens (tertiary/aromatic N) is 3. The third-order valence-electron chi connectivity index (χ3n) is 3.25. The van der Waals surface area contributed by atoms with Gasteiger partial charge in [0.15, 0.2) is 11.5 Å². The zero-order valence-corrected chi connectivity index (χ0v) is 16.0. The predicted molar refractivity (Wildman–Crippen MR) is 96.6 cm³/mol.